The Balaban J connectivity index is 0.000000963. The van der Waals surface area contributed by atoms with Gasteiger partial charge in [0.25, 0.3) is 0 Å². The van der Waals surface area contributed by atoms with Gasteiger partial charge in [-0.1, -0.05) is 0 Å². The summed E-state index contributed by atoms with van der Waals surface area (Å²) in [6.45, 7) is 5.06. The Kier molecular flexibility index (Phi) is 8.47. The molecule has 1 atom stereocenters. The number of halogens is 3. The minimum atomic E-state index is 0. The van der Waals surface area contributed by atoms with Gasteiger partial charge in [0.05, 0.1) is 0 Å². The van der Waals surface area contributed by atoms with Crippen molar-refractivity contribution in [1.82, 2.24) is 9.80 Å². The number of hydrogen-bond acceptors (Lipinski definition) is 3. The first kappa shape index (κ1) is 18.8. The molecule has 0 bridgehead atoms. The highest BCUT2D eigenvalue weighted by atomic mass is 35.5. The average Bonchev–Trinajstić information content (AvgIpc) is 3.02. The van der Waals surface area contributed by atoms with E-state index in [2.05, 4.69) is 9.80 Å². The highest BCUT2D eigenvalue weighted by Crippen LogP contribution is 2.30. The van der Waals surface area contributed by atoms with E-state index < -0.39 is 0 Å². The fourth-order valence-electron chi connectivity index (χ4n) is 3.20. The van der Waals surface area contributed by atoms with Gasteiger partial charge >= 0.3 is 0 Å². The van der Waals surface area contributed by atoms with Crippen molar-refractivity contribution in [3.8, 4) is 0 Å². The van der Waals surface area contributed by atoms with Crippen molar-refractivity contribution in [2.75, 3.05) is 26.2 Å². The fourth-order valence-corrected chi connectivity index (χ4v) is 3.20. The van der Waals surface area contributed by atoms with E-state index in [1.54, 1.807) is 0 Å². The SMILES string of the molecule is Cl.Cl.Cl.NC1CCN(C2CCN(C3CC3)CC2)C1. The van der Waals surface area contributed by atoms with Gasteiger partial charge < -0.3 is 10.6 Å². The lowest BCUT2D eigenvalue weighted by molar-refractivity contribution is 0.121. The molecule has 1 aliphatic carbocycles. The van der Waals surface area contributed by atoms with E-state index in [-0.39, 0.29) is 37.2 Å². The van der Waals surface area contributed by atoms with E-state index in [4.69, 9.17) is 5.73 Å². The molecule has 2 saturated heterocycles. The van der Waals surface area contributed by atoms with Crippen LogP contribution in [0, 0.1) is 0 Å². The second-order valence-electron chi connectivity index (χ2n) is 5.54. The second kappa shape index (κ2) is 8.13. The number of nitrogens with zero attached hydrogens (tertiary/aromatic N) is 2. The molecule has 0 aromatic rings. The lowest BCUT2D eigenvalue weighted by Crippen LogP contribution is -2.45. The molecule has 0 aromatic heterocycles. The zero-order chi connectivity index (χ0) is 10.3. The van der Waals surface area contributed by atoms with Gasteiger partial charge in [-0.25, -0.2) is 0 Å². The fraction of sp³-hybridized carbons (Fsp3) is 1.00. The summed E-state index contributed by atoms with van der Waals surface area (Å²) in [6, 6.07) is 2.26. The van der Waals surface area contributed by atoms with Crippen LogP contribution < -0.4 is 5.73 Å². The molecule has 1 unspecified atom stereocenters. The van der Waals surface area contributed by atoms with Crippen LogP contribution in [0.1, 0.15) is 32.1 Å². The molecular formula is C12H26Cl3N3. The van der Waals surface area contributed by atoms with Crippen LogP contribution in [0.25, 0.3) is 0 Å². The van der Waals surface area contributed by atoms with Gasteiger partial charge in [-0.05, 0) is 45.2 Å². The minimum absolute atomic E-state index is 0. The summed E-state index contributed by atoms with van der Waals surface area (Å²) in [6.07, 6.45) is 6.88. The highest BCUT2D eigenvalue weighted by molar-refractivity contribution is 5.86. The molecule has 110 valence electrons. The molecule has 2 heterocycles. The van der Waals surface area contributed by atoms with E-state index >= 15 is 0 Å². The molecule has 2 aliphatic heterocycles. The molecule has 6 heteroatoms. The summed E-state index contributed by atoms with van der Waals surface area (Å²) in [4.78, 5) is 5.33. The number of likely N-dealkylation sites (tertiary alicyclic amines) is 2. The molecular weight excluding hydrogens is 293 g/mol. The summed E-state index contributed by atoms with van der Waals surface area (Å²) < 4.78 is 0. The van der Waals surface area contributed by atoms with Crippen molar-refractivity contribution >= 4 is 37.2 Å². The third-order valence-corrected chi connectivity index (χ3v) is 4.33. The summed E-state index contributed by atoms with van der Waals surface area (Å²) >= 11 is 0. The maximum Gasteiger partial charge on any atom is 0.0180 e. The third-order valence-electron chi connectivity index (χ3n) is 4.33. The molecule has 3 aliphatic rings. The van der Waals surface area contributed by atoms with Crippen LogP contribution in [0.5, 0.6) is 0 Å². The van der Waals surface area contributed by atoms with Crippen molar-refractivity contribution < 1.29 is 0 Å². The molecule has 18 heavy (non-hydrogen) atoms. The molecule has 0 spiro atoms. The Hall–Kier alpha value is 0.750. The summed E-state index contributed by atoms with van der Waals surface area (Å²) in [5.74, 6) is 0. The molecule has 0 amide bonds. The number of rotatable bonds is 2. The average molecular weight is 319 g/mol. The van der Waals surface area contributed by atoms with E-state index in [0.717, 1.165) is 18.6 Å². The predicted octanol–water partition coefficient (Wildman–Crippen LogP) is 1.91. The standard InChI is InChI=1S/C12H23N3.3ClH/c13-10-3-6-15(9-10)12-4-7-14(8-5-12)11-1-2-11;;;/h10-12H,1-9,13H2;3*1H. The van der Waals surface area contributed by atoms with Crippen LogP contribution in [0.4, 0.5) is 0 Å². The number of piperidine rings is 1. The molecule has 3 fully saturated rings. The first-order valence-corrected chi connectivity index (χ1v) is 6.56. The number of nitrogens with two attached hydrogens (primary N) is 1. The Morgan fingerprint density at radius 1 is 0.667 bits per heavy atom. The zero-order valence-electron chi connectivity index (χ0n) is 10.8. The topological polar surface area (TPSA) is 32.5 Å². The van der Waals surface area contributed by atoms with Crippen LogP contribution in [-0.2, 0) is 0 Å². The molecule has 0 aromatic carbocycles. The van der Waals surface area contributed by atoms with Crippen molar-refractivity contribution in [2.45, 2.75) is 50.2 Å². The minimum Gasteiger partial charge on any atom is -0.326 e. The van der Waals surface area contributed by atoms with Crippen LogP contribution in [-0.4, -0.2) is 54.1 Å². The molecule has 3 nitrogen and oxygen atoms in total. The summed E-state index contributed by atoms with van der Waals surface area (Å²) in [5.41, 5.74) is 5.97. The summed E-state index contributed by atoms with van der Waals surface area (Å²) in [5, 5.41) is 0. The molecule has 0 radical (unpaired) electrons. The van der Waals surface area contributed by atoms with Crippen molar-refractivity contribution in [3.63, 3.8) is 0 Å². The maximum atomic E-state index is 5.97. The smallest absolute Gasteiger partial charge is 0.0180 e. The van der Waals surface area contributed by atoms with Crippen LogP contribution in [0.2, 0.25) is 0 Å². The van der Waals surface area contributed by atoms with Crippen molar-refractivity contribution in [1.29, 1.82) is 0 Å². The number of hydrogen-bond donors (Lipinski definition) is 1. The van der Waals surface area contributed by atoms with Gasteiger partial charge in [-0.3, -0.25) is 4.90 Å². The van der Waals surface area contributed by atoms with Crippen LogP contribution in [0.3, 0.4) is 0 Å². The highest BCUT2D eigenvalue weighted by Gasteiger charge is 2.34. The van der Waals surface area contributed by atoms with Crippen molar-refractivity contribution in [2.24, 2.45) is 5.73 Å². The first-order chi connectivity index (χ1) is 7.33. The Bertz CT molecular complexity index is 231. The lowest BCUT2D eigenvalue weighted by atomic mass is 10.0. The Labute approximate surface area is 129 Å². The summed E-state index contributed by atoms with van der Waals surface area (Å²) in [7, 11) is 0. The van der Waals surface area contributed by atoms with Crippen LogP contribution >= 0.6 is 37.2 Å². The van der Waals surface area contributed by atoms with Crippen molar-refractivity contribution in [3.05, 3.63) is 0 Å². The van der Waals surface area contributed by atoms with E-state index in [9.17, 15) is 0 Å². The quantitative estimate of drug-likeness (QED) is 0.844. The normalized spacial score (nSPS) is 30.2. The molecule has 3 rings (SSSR count). The van der Waals surface area contributed by atoms with Gasteiger partial charge in [0.1, 0.15) is 0 Å². The van der Waals surface area contributed by atoms with E-state index in [0.29, 0.717) is 6.04 Å². The third kappa shape index (κ3) is 4.39. The van der Waals surface area contributed by atoms with Gasteiger partial charge in [-0.15, -0.1) is 37.2 Å². The first-order valence-electron chi connectivity index (χ1n) is 6.56. The zero-order valence-corrected chi connectivity index (χ0v) is 13.2. The Morgan fingerprint density at radius 3 is 1.61 bits per heavy atom. The second-order valence-corrected chi connectivity index (χ2v) is 5.54. The van der Waals surface area contributed by atoms with E-state index in [1.807, 2.05) is 0 Å². The largest absolute Gasteiger partial charge is 0.326 e. The van der Waals surface area contributed by atoms with Gasteiger partial charge in [0, 0.05) is 31.2 Å². The molecule has 1 saturated carbocycles. The van der Waals surface area contributed by atoms with Gasteiger partial charge in [0.15, 0.2) is 0 Å². The van der Waals surface area contributed by atoms with Gasteiger partial charge in [0.2, 0.25) is 0 Å². The monoisotopic (exact) mass is 317 g/mol. The Morgan fingerprint density at radius 2 is 1.17 bits per heavy atom. The maximum absolute atomic E-state index is 5.97. The molecule has 2 N–H and O–H groups in total. The van der Waals surface area contributed by atoms with Gasteiger partial charge in [-0.2, -0.15) is 0 Å². The van der Waals surface area contributed by atoms with E-state index in [1.165, 1.54) is 51.7 Å². The van der Waals surface area contributed by atoms with Crippen LogP contribution in [0.15, 0.2) is 0 Å². The lowest BCUT2D eigenvalue weighted by Gasteiger charge is -2.36. The predicted molar refractivity (Wildman–Crippen MR) is 83.5 cm³/mol.